The van der Waals surface area contributed by atoms with Gasteiger partial charge in [0.15, 0.2) is 0 Å². The lowest BCUT2D eigenvalue weighted by Gasteiger charge is -2.10. The van der Waals surface area contributed by atoms with Crippen LogP contribution in [0.4, 0.5) is 5.69 Å². The summed E-state index contributed by atoms with van der Waals surface area (Å²) in [5.74, 6) is 0.539. The molecule has 0 aliphatic heterocycles. The van der Waals surface area contributed by atoms with Crippen LogP contribution in [0.3, 0.4) is 0 Å². The predicted octanol–water partition coefficient (Wildman–Crippen LogP) is 1.96. The molecule has 0 aliphatic rings. The minimum Gasteiger partial charge on any atom is -0.385 e. The topological polar surface area (TPSA) is 61.8 Å². The van der Waals surface area contributed by atoms with Crippen LogP contribution in [0.15, 0.2) is 24.3 Å². The van der Waals surface area contributed by atoms with Crippen LogP contribution in [0.25, 0.3) is 0 Å². The minimum absolute atomic E-state index is 0.539. The zero-order chi connectivity index (χ0) is 11.1. The summed E-state index contributed by atoms with van der Waals surface area (Å²) in [6.45, 7) is 3.75. The monoisotopic (exact) mass is 203 g/mol. The Kier molecular flexibility index (Phi) is 4.65. The van der Waals surface area contributed by atoms with E-state index in [0.29, 0.717) is 11.5 Å². The summed E-state index contributed by atoms with van der Waals surface area (Å²) in [4.78, 5) is 0. The van der Waals surface area contributed by atoms with E-state index in [1.54, 1.807) is 6.07 Å². The Morgan fingerprint density at radius 2 is 2.33 bits per heavy atom. The molecule has 0 bridgehead atoms. The highest BCUT2D eigenvalue weighted by Gasteiger charge is 1.98. The van der Waals surface area contributed by atoms with Crippen molar-refractivity contribution in [3.8, 4) is 6.07 Å². The molecule has 1 unspecified atom stereocenters. The molecule has 3 nitrogen and oxygen atoms in total. The van der Waals surface area contributed by atoms with Gasteiger partial charge in [0.2, 0.25) is 0 Å². The molecule has 3 N–H and O–H groups in total. The fourth-order valence-electron chi connectivity index (χ4n) is 1.28. The zero-order valence-corrected chi connectivity index (χ0v) is 9.03. The first-order chi connectivity index (χ1) is 7.26. The van der Waals surface area contributed by atoms with Crippen molar-refractivity contribution >= 4 is 5.69 Å². The lowest BCUT2D eigenvalue weighted by atomic mass is 10.1. The Balaban J connectivity index is 2.41. The van der Waals surface area contributed by atoms with Crippen molar-refractivity contribution in [1.82, 2.24) is 0 Å². The maximum atomic E-state index is 8.72. The van der Waals surface area contributed by atoms with Gasteiger partial charge in [-0.2, -0.15) is 5.26 Å². The minimum atomic E-state index is 0.539. The SMILES string of the molecule is CC(CN)CCNc1cccc(C#N)c1. The van der Waals surface area contributed by atoms with Crippen LogP contribution in [0.2, 0.25) is 0 Å². The Bertz CT molecular complexity index is 341. The summed E-state index contributed by atoms with van der Waals surface area (Å²) in [6, 6.07) is 9.62. The van der Waals surface area contributed by atoms with Crippen LogP contribution >= 0.6 is 0 Å². The second-order valence-corrected chi connectivity index (χ2v) is 3.75. The van der Waals surface area contributed by atoms with Gasteiger partial charge in [0.25, 0.3) is 0 Å². The molecule has 0 saturated carbocycles. The van der Waals surface area contributed by atoms with Gasteiger partial charge in [-0.1, -0.05) is 13.0 Å². The Hall–Kier alpha value is -1.53. The van der Waals surface area contributed by atoms with Gasteiger partial charge in [0, 0.05) is 12.2 Å². The summed E-state index contributed by atoms with van der Waals surface area (Å²) in [6.07, 6.45) is 1.05. The number of nitrogens with two attached hydrogens (primary N) is 1. The molecule has 0 saturated heterocycles. The van der Waals surface area contributed by atoms with Gasteiger partial charge in [0.05, 0.1) is 11.6 Å². The molecule has 3 heteroatoms. The van der Waals surface area contributed by atoms with Crippen molar-refractivity contribution in [2.75, 3.05) is 18.4 Å². The first-order valence-electron chi connectivity index (χ1n) is 5.20. The summed E-state index contributed by atoms with van der Waals surface area (Å²) in [5.41, 5.74) is 7.21. The van der Waals surface area contributed by atoms with Crippen LogP contribution in [0, 0.1) is 17.2 Å². The van der Waals surface area contributed by atoms with Crippen LogP contribution in [-0.4, -0.2) is 13.1 Å². The Morgan fingerprint density at radius 3 is 3.00 bits per heavy atom. The van der Waals surface area contributed by atoms with Crippen LogP contribution in [0.5, 0.6) is 0 Å². The molecule has 0 radical (unpaired) electrons. The van der Waals surface area contributed by atoms with Crippen LogP contribution in [0.1, 0.15) is 18.9 Å². The average molecular weight is 203 g/mol. The van der Waals surface area contributed by atoms with E-state index in [1.807, 2.05) is 18.2 Å². The quantitative estimate of drug-likeness (QED) is 0.769. The average Bonchev–Trinajstić information content (AvgIpc) is 2.29. The molecule has 1 rings (SSSR count). The van der Waals surface area contributed by atoms with E-state index in [0.717, 1.165) is 25.2 Å². The van der Waals surface area contributed by atoms with Gasteiger partial charge in [-0.25, -0.2) is 0 Å². The first kappa shape index (κ1) is 11.5. The van der Waals surface area contributed by atoms with E-state index >= 15 is 0 Å². The van der Waals surface area contributed by atoms with E-state index in [4.69, 9.17) is 11.0 Å². The van der Waals surface area contributed by atoms with Gasteiger partial charge in [-0.3, -0.25) is 0 Å². The van der Waals surface area contributed by atoms with E-state index in [1.165, 1.54) is 0 Å². The number of nitriles is 1. The third kappa shape index (κ3) is 4.01. The van der Waals surface area contributed by atoms with E-state index < -0.39 is 0 Å². The van der Waals surface area contributed by atoms with E-state index in [9.17, 15) is 0 Å². The smallest absolute Gasteiger partial charge is 0.0992 e. The summed E-state index contributed by atoms with van der Waals surface area (Å²) in [7, 11) is 0. The lowest BCUT2D eigenvalue weighted by molar-refractivity contribution is 0.561. The van der Waals surface area contributed by atoms with E-state index in [-0.39, 0.29) is 0 Å². The fourth-order valence-corrected chi connectivity index (χ4v) is 1.28. The number of rotatable bonds is 5. The second-order valence-electron chi connectivity index (χ2n) is 3.75. The van der Waals surface area contributed by atoms with Crippen LogP contribution < -0.4 is 11.1 Å². The number of nitrogens with one attached hydrogen (secondary N) is 1. The second kappa shape index (κ2) is 6.05. The van der Waals surface area contributed by atoms with Crippen LogP contribution in [-0.2, 0) is 0 Å². The van der Waals surface area contributed by atoms with Gasteiger partial charge in [-0.15, -0.1) is 0 Å². The molecule has 1 aromatic rings. The first-order valence-corrected chi connectivity index (χ1v) is 5.20. The predicted molar refractivity (Wildman–Crippen MR) is 62.5 cm³/mol. The summed E-state index contributed by atoms with van der Waals surface area (Å²) >= 11 is 0. The zero-order valence-electron chi connectivity index (χ0n) is 9.03. The molecule has 0 spiro atoms. The largest absolute Gasteiger partial charge is 0.385 e. The Labute approximate surface area is 90.9 Å². The molecule has 0 aromatic heterocycles. The Morgan fingerprint density at radius 1 is 1.53 bits per heavy atom. The van der Waals surface area contributed by atoms with Crippen molar-refractivity contribution < 1.29 is 0 Å². The van der Waals surface area contributed by atoms with Gasteiger partial charge in [-0.05, 0) is 37.1 Å². The van der Waals surface area contributed by atoms with Gasteiger partial charge < -0.3 is 11.1 Å². The van der Waals surface area contributed by atoms with Crippen molar-refractivity contribution in [3.63, 3.8) is 0 Å². The maximum Gasteiger partial charge on any atom is 0.0992 e. The number of benzene rings is 1. The third-order valence-electron chi connectivity index (χ3n) is 2.36. The summed E-state index contributed by atoms with van der Waals surface area (Å²) < 4.78 is 0. The number of hydrogen-bond acceptors (Lipinski definition) is 3. The number of hydrogen-bond donors (Lipinski definition) is 2. The molecular formula is C12H17N3. The molecule has 0 amide bonds. The molecule has 0 aliphatic carbocycles. The molecule has 80 valence electrons. The standard InChI is InChI=1S/C12H17N3/c1-10(8-13)5-6-15-12-4-2-3-11(7-12)9-14/h2-4,7,10,15H,5-6,8,13H2,1H3. The number of nitrogens with zero attached hydrogens (tertiary/aromatic N) is 1. The molecule has 1 atom stereocenters. The molecular weight excluding hydrogens is 186 g/mol. The highest BCUT2D eigenvalue weighted by Crippen LogP contribution is 2.10. The fraction of sp³-hybridized carbons (Fsp3) is 0.417. The van der Waals surface area contributed by atoms with Gasteiger partial charge >= 0.3 is 0 Å². The molecule has 1 aromatic carbocycles. The lowest BCUT2D eigenvalue weighted by Crippen LogP contribution is -2.14. The van der Waals surface area contributed by atoms with Crippen molar-refractivity contribution in [3.05, 3.63) is 29.8 Å². The highest BCUT2D eigenvalue weighted by molar-refractivity contribution is 5.48. The number of anilines is 1. The van der Waals surface area contributed by atoms with Crippen molar-refractivity contribution in [1.29, 1.82) is 5.26 Å². The van der Waals surface area contributed by atoms with Crippen molar-refractivity contribution in [2.45, 2.75) is 13.3 Å². The highest BCUT2D eigenvalue weighted by atomic mass is 14.9. The van der Waals surface area contributed by atoms with E-state index in [2.05, 4.69) is 18.3 Å². The molecule has 0 fully saturated rings. The van der Waals surface area contributed by atoms with Crippen molar-refractivity contribution in [2.24, 2.45) is 11.7 Å². The maximum absolute atomic E-state index is 8.72. The normalized spacial score (nSPS) is 11.8. The molecule has 15 heavy (non-hydrogen) atoms. The third-order valence-corrected chi connectivity index (χ3v) is 2.36. The van der Waals surface area contributed by atoms with Gasteiger partial charge in [0.1, 0.15) is 0 Å². The molecule has 0 heterocycles. The summed E-state index contributed by atoms with van der Waals surface area (Å²) in [5, 5.41) is 12.0.